The van der Waals surface area contributed by atoms with E-state index in [2.05, 4.69) is 15.1 Å². The van der Waals surface area contributed by atoms with Crippen molar-refractivity contribution in [2.75, 3.05) is 19.0 Å². The Morgan fingerprint density at radius 3 is 2.25 bits per heavy atom. The van der Waals surface area contributed by atoms with Crippen molar-refractivity contribution in [1.82, 2.24) is 19.7 Å². The summed E-state index contributed by atoms with van der Waals surface area (Å²) in [7, 11) is -0.739. The second kappa shape index (κ2) is 10.3. The zero-order valence-electron chi connectivity index (χ0n) is 20.9. The van der Waals surface area contributed by atoms with Crippen LogP contribution in [-0.4, -0.2) is 42.3 Å². The molecule has 5 rings (SSSR count). The lowest BCUT2D eigenvalue weighted by atomic mass is 10.0. The normalized spacial score (nSPS) is 11.8. The number of hydrogen-bond donors (Lipinski definition) is 2. The number of fused-ring (bicyclic) bond motifs is 1. The molecule has 3 aromatic carbocycles. The molecule has 3 N–H and O–H groups in total. The Kier molecular flexibility index (Phi) is 7.13. The average Bonchev–Trinajstić information content (AvgIpc) is 3.24. The lowest BCUT2D eigenvalue weighted by Gasteiger charge is -2.11. The van der Waals surface area contributed by atoms with E-state index in [0.29, 0.717) is 16.7 Å². The summed E-state index contributed by atoms with van der Waals surface area (Å²) in [5.74, 6) is -0.495. The van der Waals surface area contributed by atoms with E-state index in [1.807, 2.05) is 0 Å². The quantitative estimate of drug-likeness (QED) is 0.290. The molecule has 0 aliphatic heterocycles. The van der Waals surface area contributed by atoms with Gasteiger partial charge in [0.15, 0.2) is 11.5 Å². The third-order valence-electron chi connectivity index (χ3n) is 6.08. The third-order valence-corrected chi connectivity index (χ3v) is 7.55. The molecule has 0 saturated carbocycles. The predicted molar refractivity (Wildman–Crippen MR) is 150 cm³/mol. The summed E-state index contributed by atoms with van der Waals surface area (Å²) in [5, 5.41) is 9.64. The first kappa shape index (κ1) is 27.7. The number of halogens is 4. The van der Waals surface area contributed by atoms with Gasteiger partial charge in [-0.05, 0) is 41.5 Å². The fourth-order valence-electron chi connectivity index (χ4n) is 4.24. The number of benzene rings is 3. The highest BCUT2D eigenvalue weighted by atomic mass is 35.5. The van der Waals surface area contributed by atoms with Crippen LogP contribution >= 0.6 is 23.2 Å². The Morgan fingerprint density at radius 2 is 1.68 bits per heavy atom. The highest BCUT2D eigenvalue weighted by Crippen LogP contribution is 2.34. The number of sulfonamides is 1. The molecule has 14 heteroatoms. The molecular formula is C26H20Cl2F2N6O3S. The number of primary sulfonamides is 1. The fourth-order valence-corrected chi connectivity index (χ4v) is 5.58. The minimum Gasteiger partial charge on any atom is -0.361 e. The predicted octanol–water partition coefficient (Wildman–Crippen LogP) is 4.67. The van der Waals surface area contributed by atoms with Crippen LogP contribution in [0.25, 0.3) is 27.8 Å². The maximum absolute atomic E-state index is 15.0. The maximum Gasteiger partial charge on any atom is 0.264 e. The smallest absolute Gasteiger partial charge is 0.264 e. The Morgan fingerprint density at radius 1 is 1.02 bits per heavy atom. The molecule has 0 fully saturated rings. The van der Waals surface area contributed by atoms with Crippen molar-refractivity contribution in [2.45, 2.75) is 11.3 Å². The molecule has 206 valence electrons. The first-order chi connectivity index (χ1) is 18.8. The molecule has 0 aliphatic rings. The summed E-state index contributed by atoms with van der Waals surface area (Å²) < 4.78 is 53.1. The van der Waals surface area contributed by atoms with Crippen molar-refractivity contribution in [3.05, 3.63) is 98.0 Å². The lowest BCUT2D eigenvalue weighted by Crippen LogP contribution is -2.16. The van der Waals surface area contributed by atoms with E-state index >= 15 is 0 Å². The monoisotopic (exact) mass is 604 g/mol. The van der Waals surface area contributed by atoms with Gasteiger partial charge in [0.2, 0.25) is 10.0 Å². The first-order valence-electron chi connectivity index (χ1n) is 11.6. The molecule has 40 heavy (non-hydrogen) atoms. The number of nitrogens with two attached hydrogens (primary N) is 1. The Labute approximate surface area is 236 Å². The van der Waals surface area contributed by atoms with Gasteiger partial charge >= 0.3 is 0 Å². The van der Waals surface area contributed by atoms with E-state index in [4.69, 9.17) is 28.3 Å². The number of aromatic nitrogens is 4. The number of nitrogens with zero attached hydrogens (tertiary/aromatic N) is 4. The van der Waals surface area contributed by atoms with Crippen LogP contribution < -0.4 is 15.6 Å². The van der Waals surface area contributed by atoms with Crippen LogP contribution in [0.4, 0.5) is 14.6 Å². The van der Waals surface area contributed by atoms with Crippen molar-refractivity contribution in [1.29, 1.82) is 0 Å². The summed E-state index contributed by atoms with van der Waals surface area (Å²) in [6, 6.07) is 12.3. The van der Waals surface area contributed by atoms with Crippen molar-refractivity contribution in [3.8, 4) is 16.8 Å². The van der Waals surface area contributed by atoms with Crippen LogP contribution in [0.2, 0.25) is 10.0 Å². The highest BCUT2D eigenvalue weighted by molar-refractivity contribution is 7.89. The molecule has 2 aromatic heterocycles. The standard InChI is InChI=1S/C26H20Cl2F2N6O3S/c1-35(2)25-22-24(36(34-25)23-18(27)11-16(12-19(23)28)40(31,38)39)32-21(33-26(22)37)10-13-3-8-17(20(30)9-13)14-4-6-15(29)7-5-14/h3-9,11-12H,10H2,1-2H3,(H2,31,38,39)(H,32,33,37). The van der Waals surface area contributed by atoms with Gasteiger partial charge in [0.05, 0.1) is 14.9 Å². The molecule has 5 aromatic rings. The number of rotatable bonds is 6. The molecule has 2 heterocycles. The molecule has 0 atom stereocenters. The van der Waals surface area contributed by atoms with Crippen LogP contribution in [0.1, 0.15) is 11.4 Å². The second-order valence-corrected chi connectivity index (χ2v) is 11.5. The topological polar surface area (TPSA) is 127 Å². The summed E-state index contributed by atoms with van der Waals surface area (Å²) in [6.45, 7) is 0. The largest absolute Gasteiger partial charge is 0.361 e. The minimum atomic E-state index is -4.10. The van der Waals surface area contributed by atoms with Gasteiger partial charge in [-0.1, -0.05) is 47.5 Å². The fraction of sp³-hybridized carbons (Fsp3) is 0.115. The Hall–Kier alpha value is -3.84. The zero-order valence-corrected chi connectivity index (χ0v) is 23.2. The summed E-state index contributed by atoms with van der Waals surface area (Å²) >= 11 is 12.8. The maximum atomic E-state index is 15.0. The van der Waals surface area contributed by atoms with Gasteiger partial charge in [0.1, 0.15) is 28.5 Å². The SMILES string of the molecule is CN(C)c1nn(-c2c(Cl)cc(S(N)(=O)=O)cc2Cl)c2nc(Cc3ccc(-c4ccc(F)cc4)c(F)c3)[nH]c(=O)c12. The van der Waals surface area contributed by atoms with E-state index in [-0.39, 0.29) is 49.7 Å². The molecule has 0 amide bonds. The van der Waals surface area contributed by atoms with Crippen molar-refractivity contribution >= 4 is 50.1 Å². The number of aromatic amines is 1. The van der Waals surface area contributed by atoms with Gasteiger partial charge in [-0.2, -0.15) is 0 Å². The molecule has 0 bridgehead atoms. The zero-order chi connectivity index (χ0) is 28.9. The van der Waals surface area contributed by atoms with E-state index < -0.39 is 27.2 Å². The van der Waals surface area contributed by atoms with Crippen molar-refractivity contribution < 1.29 is 17.2 Å². The molecule has 9 nitrogen and oxygen atoms in total. The van der Waals surface area contributed by atoms with Crippen LogP contribution in [0.5, 0.6) is 0 Å². The number of nitrogens with one attached hydrogen (secondary N) is 1. The summed E-state index contributed by atoms with van der Waals surface area (Å²) in [4.78, 5) is 21.8. The van der Waals surface area contributed by atoms with Gasteiger partial charge in [-0.3, -0.25) is 4.79 Å². The molecular weight excluding hydrogens is 585 g/mol. The van der Waals surface area contributed by atoms with E-state index in [1.165, 1.54) is 35.0 Å². The molecule has 0 unspecified atom stereocenters. The molecule has 0 aliphatic carbocycles. The van der Waals surface area contributed by atoms with Gasteiger partial charge in [-0.25, -0.2) is 32.0 Å². The molecule has 0 spiro atoms. The van der Waals surface area contributed by atoms with Gasteiger partial charge < -0.3 is 9.88 Å². The summed E-state index contributed by atoms with van der Waals surface area (Å²) in [5.41, 5.74) is 0.998. The molecule has 0 radical (unpaired) electrons. The van der Waals surface area contributed by atoms with E-state index in [1.54, 1.807) is 31.1 Å². The number of H-pyrrole nitrogens is 1. The Bertz CT molecular complexity index is 1940. The average molecular weight is 605 g/mol. The van der Waals surface area contributed by atoms with Crippen LogP contribution in [0.15, 0.2) is 64.3 Å². The van der Waals surface area contributed by atoms with Crippen molar-refractivity contribution in [3.63, 3.8) is 0 Å². The lowest BCUT2D eigenvalue weighted by molar-refractivity contribution is 0.597. The van der Waals surface area contributed by atoms with E-state index in [9.17, 15) is 22.0 Å². The first-order valence-corrected chi connectivity index (χ1v) is 13.9. The second-order valence-electron chi connectivity index (χ2n) is 9.12. The summed E-state index contributed by atoms with van der Waals surface area (Å²) in [6.07, 6.45) is 0.0556. The van der Waals surface area contributed by atoms with Gasteiger partial charge in [0, 0.05) is 26.1 Å². The van der Waals surface area contributed by atoms with Gasteiger partial charge in [0.25, 0.3) is 5.56 Å². The minimum absolute atomic E-state index is 0.0556. The van der Waals surface area contributed by atoms with Gasteiger partial charge in [-0.15, -0.1) is 5.10 Å². The third kappa shape index (κ3) is 5.18. The number of hydrogen-bond acceptors (Lipinski definition) is 6. The van der Waals surface area contributed by atoms with Crippen LogP contribution in [-0.2, 0) is 16.4 Å². The van der Waals surface area contributed by atoms with Crippen molar-refractivity contribution in [2.24, 2.45) is 5.14 Å². The van der Waals surface area contributed by atoms with E-state index in [0.717, 1.165) is 12.1 Å². The van der Waals surface area contributed by atoms with Crippen LogP contribution in [0.3, 0.4) is 0 Å². The highest BCUT2D eigenvalue weighted by Gasteiger charge is 2.24. The molecule has 0 saturated heterocycles. The Balaban J connectivity index is 1.61. The van der Waals surface area contributed by atoms with Crippen LogP contribution in [0, 0.1) is 11.6 Å². The number of anilines is 1.